The monoisotopic (exact) mass is 866 g/mol. The maximum Gasteiger partial charge on any atom is 0.472 e. The molecule has 0 rings (SSSR count). The van der Waals surface area contributed by atoms with E-state index >= 15 is 0 Å². The number of carboxylic acid groups (broad SMARTS) is 1. The molecule has 0 aromatic rings. The number of ether oxygens (including phenoxy) is 2. The average molecular weight is 866 g/mol. The van der Waals surface area contributed by atoms with Gasteiger partial charge in [0.2, 0.25) is 0 Å². The second-order valence-electron chi connectivity index (χ2n) is 15.5. The van der Waals surface area contributed by atoms with Gasteiger partial charge in [-0.15, -0.1) is 0 Å². The van der Waals surface area contributed by atoms with Gasteiger partial charge in [-0.2, -0.15) is 0 Å². The van der Waals surface area contributed by atoms with E-state index in [2.05, 4.69) is 79.1 Å². The van der Waals surface area contributed by atoms with Crippen LogP contribution in [0.1, 0.15) is 194 Å². The number of carbonyl (C=O) groups is 3. The number of nitrogens with two attached hydrogens (primary N) is 1. The number of hydrogen-bond donors (Lipinski definition) is 3. The molecule has 12 heteroatoms. The molecule has 4 N–H and O–H groups in total. The number of esters is 2. The molecular formula is C48H84NO10P. The maximum absolute atomic E-state index is 12.7. The second kappa shape index (κ2) is 42.9. The molecule has 0 spiro atoms. The molecule has 0 radical (unpaired) electrons. The highest BCUT2D eigenvalue weighted by Gasteiger charge is 2.28. The highest BCUT2D eigenvalue weighted by Crippen LogP contribution is 2.43. The molecule has 3 atom stereocenters. The van der Waals surface area contributed by atoms with E-state index in [1.54, 1.807) is 0 Å². The normalized spacial score (nSPS) is 14.2. The molecule has 0 aliphatic rings. The number of hydrogen-bond acceptors (Lipinski definition) is 9. The van der Waals surface area contributed by atoms with E-state index in [1.807, 2.05) is 0 Å². The Morgan fingerprint density at radius 2 is 0.933 bits per heavy atom. The smallest absolute Gasteiger partial charge is 0.472 e. The number of rotatable bonds is 43. The predicted molar refractivity (Wildman–Crippen MR) is 245 cm³/mol. The number of aliphatic carboxylic acids is 1. The van der Waals surface area contributed by atoms with Crippen molar-refractivity contribution in [3.63, 3.8) is 0 Å². The molecule has 11 nitrogen and oxygen atoms in total. The van der Waals surface area contributed by atoms with Crippen LogP contribution in [0.15, 0.2) is 60.8 Å². The molecule has 0 aliphatic heterocycles. The van der Waals surface area contributed by atoms with Crippen molar-refractivity contribution in [3.8, 4) is 0 Å². The van der Waals surface area contributed by atoms with E-state index in [1.165, 1.54) is 64.2 Å². The lowest BCUT2D eigenvalue weighted by molar-refractivity contribution is -0.161. The summed E-state index contributed by atoms with van der Waals surface area (Å²) in [6.07, 6.45) is 49.9. The van der Waals surface area contributed by atoms with Crippen molar-refractivity contribution in [1.82, 2.24) is 0 Å². The van der Waals surface area contributed by atoms with Crippen LogP contribution in [0.5, 0.6) is 0 Å². The zero-order valence-corrected chi connectivity index (χ0v) is 38.4. The lowest BCUT2D eigenvalue weighted by Crippen LogP contribution is -2.34. The van der Waals surface area contributed by atoms with Crippen LogP contribution in [0.3, 0.4) is 0 Å². The van der Waals surface area contributed by atoms with Crippen molar-refractivity contribution in [2.24, 2.45) is 5.73 Å². The molecule has 346 valence electrons. The Kier molecular flexibility index (Phi) is 40.8. The van der Waals surface area contributed by atoms with Crippen molar-refractivity contribution in [2.75, 3.05) is 19.8 Å². The van der Waals surface area contributed by atoms with Gasteiger partial charge in [0, 0.05) is 12.8 Å². The molecule has 3 unspecified atom stereocenters. The number of phosphoric ester groups is 1. The van der Waals surface area contributed by atoms with Gasteiger partial charge in [-0.05, 0) is 77.0 Å². The molecule has 0 saturated heterocycles. The van der Waals surface area contributed by atoms with E-state index in [-0.39, 0.29) is 19.4 Å². The van der Waals surface area contributed by atoms with Crippen LogP contribution in [-0.4, -0.2) is 59.9 Å². The van der Waals surface area contributed by atoms with Gasteiger partial charge in [-0.3, -0.25) is 23.4 Å². The first-order valence-electron chi connectivity index (χ1n) is 23.3. The second-order valence-corrected chi connectivity index (χ2v) is 17.0. The summed E-state index contributed by atoms with van der Waals surface area (Å²) in [5, 5.41) is 8.90. The van der Waals surface area contributed by atoms with Crippen molar-refractivity contribution in [2.45, 2.75) is 206 Å². The summed E-state index contributed by atoms with van der Waals surface area (Å²) in [5.74, 6) is -2.40. The lowest BCUT2D eigenvalue weighted by atomic mass is 10.1. The maximum atomic E-state index is 12.7. The number of allylic oxidation sites excluding steroid dienone is 10. The number of carbonyl (C=O) groups excluding carboxylic acids is 2. The Balaban J connectivity index is 4.36. The summed E-state index contributed by atoms with van der Waals surface area (Å²) in [5.41, 5.74) is 5.34. The van der Waals surface area contributed by atoms with Gasteiger partial charge in [0.05, 0.1) is 13.2 Å². The lowest BCUT2D eigenvalue weighted by Gasteiger charge is -2.20. The molecule has 0 bridgehead atoms. The Hall–Kier alpha value is -2.82. The summed E-state index contributed by atoms with van der Waals surface area (Å²) in [7, 11) is -4.73. The molecule has 0 fully saturated rings. The number of carboxylic acids is 1. The number of phosphoric acid groups is 1. The zero-order chi connectivity index (χ0) is 44.2. The van der Waals surface area contributed by atoms with Crippen molar-refractivity contribution < 1.29 is 47.5 Å². The Bertz CT molecular complexity index is 1250. The zero-order valence-electron chi connectivity index (χ0n) is 37.5. The standard InChI is InChI=1S/C48H84NO10P/c1-3-5-7-9-11-13-15-17-19-21-22-24-26-28-30-32-34-36-38-40-47(51)59-44(42-57-60(54,55)58-43-45(49)48(52)53)41-56-46(50)39-37-35-33-31-29-27-25-23-20-18-16-14-12-10-8-6-4-2/h5,7,11,13,17-20,22,24,44-45H,3-4,6,8-10,12,14-16,21,23,25-43,49H2,1-2H3,(H,52,53)(H,54,55)/b7-5-,13-11-,19-17-,20-18-,24-22-. The fourth-order valence-electron chi connectivity index (χ4n) is 6.11. The predicted octanol–water partition coefficient (Wildman–Crippen LogP) is 12.7. The minimum Gasteiger partial charge on any atom is -0.480 e. The molecule has 0 aliphatic carbocycles. The fourth-order valence-corrected chi connectivity index (χ4v) is 6.89. The first-order chi connectivity index (χ1) is 29.1. The van der Waals surface area contributed by atoms with Crippen molar-refractivity contribution in [3.05, 3.63) is 60.8 Å². The quantitative estimate of drug-likeness (QED) is 0.0230. The third-order valence-electron chi connectivity index (χ3n) is 9.75. The van der Waals surface area contributed by atoms with Gasteiger partial charge in [0.1, 0.15) is 12.6 Å². The molecule has 0 aromatic carbocycles. The Labute approximate surface area is 364 Å². The van der Waals surface area contributed by atoms with Gasteiger partial charge in [-0.1, -0.05) is 164 Å². The highest BCUT2D eigenvalue weighted by molar-refractivity contribution is 7.47. The number of unbranched alkanes of at least 4 members (excludes halogenated alkanes) is 19. The highest BCUT2D eigenvalue weighted by atomic mass is 31.2. The minimum atomic E-state index is -4.73. The fraction of sp³-hybridized carbons (Fsp3) is 0.729. The molecule has 0 amide bonds. The van der Waals surface area contributed by atoms with Crippen LogP contribution in [-0.2, 0) is 37.5 Å². The van der Waals surface area contributed by atoms with Gasteiger partial charge in [-0.25, -0.2) is 4.57 Å². The van der Waals surface area contributed by atoms with Gasteiger partial charge in [0.15, 0.2) is 6.10 Å². The van der Waals surface area contributed by atoms with E-state index in [0.717, 1.165) is 89.9 Å². The first-order valence-corrected chi connectivity index (χ1v) is 24.8. The van der Waals surface area contributed by atoms with E-state index in [4.69, 9.17) is 24.8 Å². The van der Waals surface area contributed by atoms with Gasteiger partial charge < -0.3 is 25.2 Å². The van der Waals surface area contributed by atoms with Crippen LogP contribution in [0, 0.1) is 0 Å². The summed E-state index contributed by atoms with van der Waals surface area (Å²) >= 11 is 0. The van der Waals surface area contributed by atoms with Gasteiger partial charge >= 0.3 is 25.7 Å². The van der Waals surface area contributed by atoms with Crippen LogP contribution >= 0.6 is 7.82 Å². The van der Waals surface area contributed by atoms with Crippen molar-refractivity contribution in [1.29, 1.82) is 0 Å². The SMILES string of the molecule is CC/C=C\C/C=C\C/C=C\C/C=C\CCCCCCCCC(=O)OC(COC(=O)CCCCCCCCC/C=C\CCCCCCCC)COP(=O)(O)OCC(N)C(=O)O. The summed E-state index contributed by atoms with van der Waals surface area (Å²) in [4.78, 5) is 46.1. The first kappa shape index (κ1) is 57.2. The van der Waals surface area contributed by atoms with E-state index in [0.29, 0.717) is 12.8 Å². The topological polar surface area (TPSA) is 172 Å². The third-order valence-corrected chi connectivity index (χ3v) is 10.7. The largest absolute Gasteiger partial charge is 0.480 e. The summed E-state index contributed by atoms with van der Waals surface area (Å²) in [6, 6.07) is -1.53. The van der Waals surface area contributed by atoms with Crippen LogP contribution in [0.2, 0.25) is 0 Å². The molecule has 60 heavy (non-hydrogen) atoms. The van der Waals surface area contributed by atoms with Crippen LogP contribution in [0.4, 0.5) is 0 Å². The summed E-state index contributed by atoms with van der Waals surface area (Å²) in [6.45, 7) is 2.67. The van der Waals surface area contributed by atoms with Crippen LogP contribution < -0.4 is 5.73 Å². The Morgan fingerprint density at radius 1 is 0.533 bits per heavy atom. The minimum absolute atomic E-state index is 0.142. The molecule has 0 aromatic heterocycles. The van der Waals surface area contributed by atoms with Gasteiger partial charge in [0.25, 0.3) is 0 Å². The average Bonchev–Trinajstić information content (AvgIpc) is 3.22. The van der Waals surface area contributed by atoms with E-state index < -0.39 is 51.1 Å². The summed E-state index contributed by atoms with van der Waals surface area (Å²) < 4.78 is 32.8. The third kappa shape index (κ3) is 41.9. The molecule has 0 saturated carbocycles. The molecule has 0 heterocycles. The van der Waals surface area contributed by atoms with Crippen LogP contribution in [0.25, 0.3) is 0 Å². The Morgan fingerprint density at radius 3 is 1.42 bits per heavy atom. The molecular weight excluding hydrogens is 781 g/mol. The van der Waals surface area contributed by atoms with Crippen molar-refractivity contribution >= 4 is 25.7 Å². The van der Waals surface area contributed by atoms with E-state index in [9.17, 15) is 23.8 Å².